The van der Waals surface area contributed by atoms with Crippen LogP contribution in [0.5, 0.6) is 0 Å². The van der Waals surface area contributed by atoms with Crippen LogP contribution >= 0.6 is 0 Å². The van der Waals surface area contributed by atoms with Crippen molar-refractivity contribution in [1.29, 1.82) is 0 Å². The molecule has 0 spiro atoms. The first-order chi connectivity index (χ1) is 24.8. The molecule has 50 heavy (non-hydrogen) atoms. The third-order valence-electron chi connectivity index (χ3n) is 9.51. The first kappa shape index (κ1) is 29.5. The number of para-hydroxylation sites is 2. The molecule has 0 N–H and O–H groups in total. The van der Waals surface area contributed by atoms with Crippen LogP contribution in [0.1, 0.15) is 0 Å². The van der Waals surface area contributed by atoms with E-state index in [1.54, 1.807) is 0 Å². The summed E-state index contributed by atoms with van der Waals surface area (Å²) in [5, 5.41) is 3.59. The minimum Gasteiger partial charge on any atom is -0.455 e. The van der Waals surface area contributed by atoms with Crippen LogP contribution in [0.4, 0.5) is 17.1 Å². The largest absolute Gasteiger partial charge is 0.455 e. The minimum absolute atomic E-state index is 0.853. The topological polar surface area (TPSA) is 16.4 Å². The number of hydrogen-bond donors (Lipinski definition) is 0. The van der Waals surface area contributed by atoms with Gasteiger partial charge in [-0.15, -0.1) is 0 Å². The maximum atomic E-state index is 6.77. The zero-order valence-corrected chi connectivity index (χ0v) is 27.4. The molecule has 0 atom stereocenters. The lowest BCUT2D eigenvalue weighted by Gasteiger charge is -2.28. The predicted molar refractivity (Wildman–Crippen MR) is 210 cm³/mol. The van der Waals surface area contributed by atoms with E-state index in [1.807, 2.05) is 6.07 Å². The van der Waals surface area contributed by atoms with Crippen molar-refractivity contribution in [3.63, 3.8) is 0 Å². The van der Waals surface area contributed by atoms with E-state index in [1.165, 1.54) is 33.0 Å². The van der Waals surface area contributed by atoms with Crippen LogP contribution in [-0.2, 0) is 0 Å². The fraction of sp³-hybridized carbons (Fsp3) is 0. The SMILES string of the molecule is c1ccc(-c2ccc(N(c3ccc(-c4cccc5ccccc45)cc3)c3ccccc3-c3oc4ccccc4c3-c3ccccc3)cc2)cc1. The number of benzene rings is 8. The van der Waals surface area contributed by atoms with Gasteiger partial charge in [0.25, 0.3) is 0 Å². The van der Waals surface area contributed by atoms with Crippen LogP contribution in [0.2, 0.25) is 0 Å². The van der Waals surface area contributed by atoms with E-state index in [0.717, 1.165) is 50.5 Å². The molecule has 0 saturated heterocycles. The second-order valence-electron chi connectivity index (χ2n) is 12.5. The maximum absolute atomic E-state index is 6.77. The summed E-state index contributed by atoms with van der Waals surface area (Å²) in [5.41, 5.74) is 12.1. The highest BCUT2D eigenvalue weighted by Crippen LogP contribution is 2.47. The standard InChI is InChI=1S/C48H33NO/c1-3-14-34(15-4-1)35-26-30-39(31-27-35)49(40-32-28-37(29-33-40)42-23-13-19-36-16-7-8-20-41(36)42)45-24-11-9-21-43(45)48-47(38-17-5-2-6-18-38)44-22-10-12-25-46(44)50-48/h1-33H. The van der Waals surface area contributed by atoms with Crippen molar-refractivity contribution in [2.45, 2.75) is 0 Å². The van der Waals surface area contributed by atoms with Gasteiger partial charge >= 0.3 is 0 Å². The van der Waals surface area contributed by atoms with Gasteiger partial charge in [-0.25, -0.2) is 0 Å². The third kappa shape index (κ3) is 5.34. The Hall–Kier alpha value is -6.64. The van der Waals surface area contributed by atoms with Gasteiger partial charge in [0.05, 0.1) is 5.69 Å². The number of anilines is 3. The molecule has 9 rings (SSSR count). The van der Waals surface area contributed by atoms with E-state index < -0.39 is 0 Å². The number of nitrogens with zero attached hydrogens (tertiary/aromatic N) is 1. The smallest absolute Gasteiger partial charge is 0.145 e. The summed E-state index contributed by atoms with van der Waals surface area (Å²) in [6.07, 6.45) is 0. The fourth-order valence-corrected chi connectivity index (χ4v) is 7.12. The van der Waals surface area contributed by atoms with E-state index in [-0.39, 0.29) is 0 Å². The van der Waals surface area contributed by atoms with Crippen molar-refractivity contribution in [3.8, 4) is 44.7 Å². The molecule has 0 bridgehead atoms. The Morgan fingerprint density at radius 3 is 1.60 bits per heavy atom. The van der Waals surface area contributed by atoms with Gasteiger partial charge in [0, 0.05) is 27.9 Å². The zero-order chi connectivity index (χ0) is 33.3. The van der Waals surface area contributed by atoms with Crippen LogP contribution in [0.15, 0.2) is 205 Å². The highest BCUT2D eigenvalue weighted by molar-refractivity contribution is 6.04. The van der Waals surface area contributed by atoms with Crippen LogP contribution in [0.3, 0.4) is 0 Å². The molecule has 0 aliphatic heterocycles. The van der Waals surface area contributed by atoms with Gasteiger partial charge in [0.15, 0.2) is 0 Å². The van der Waals surface area contributed by atoms with Gasteiger partial charge in [-0.3, -0.25) is 0 Å². The zero-order valence-electron chi connectivity index (χ0n) is 27.4. The lowest BCUT2D eigenvalue weighted by atomic mass is 9.96. The lowest BCUT2D eigenvalue weighted by molar-refractivity contribution is 0.632. The Bertz CT molecular complexity index is 2560. The Morgan fingerprint density at radius 2 is 0.860 bits per heavy atom. The molecule has 0 aliphatic carbocycles. The van der Waals surface area contributed by atoms with E-state index in [9.17, 15) is 0 Å². The molecular formula is C48H33NO. The molecule has 2 heteroatoms. The molecular weight excluding hydrogens is 607 g/mol. The van der Waals surface area contributed by atoms with Gasteiger partial charge in [-0.1, -0.05) is 158 Å². The summed E-state index contributed by atoms with van der Waals surface area (Å²) in [4.78, 5) is 2.35. The molecule has 0 radical (unpaired) electrons. The molecule has 236 valence electrons. The van der Waals surface area contributed by atoms with Crippen molar-refractivity contribution in [3.05, 3.63) is 200 Å². The van der Waals surface area contributed by atoms with Gasteiger partial charge < -0.3 is 9.32 Å². The molecule has 0 aliphatic rings. The maximum Gasteiger partial charge on any atom is 0.145 e. The van der Waals surface area contributed by atoms with Crippen molar-refractivity contribution in [2.75, 3.05) is 4.90 Å². The molecule has 0 saturated carbocycles. The Morgan fingerprint density at radius 1 is 0.340 bits per heavy atom. The molecule has 2 nitrogen and oxygen atoms in total. The van der Waals surface area contributed by atoms with Crippen LogP contribution < -0.4 is 4.90 Å². The number of fused-ring (bicyclic) bond motifs is 2. The third-order valence-corrected chi connectivity index (χ3v) is 9.51. The average molecular weight is 640 g/mol. The van der Waals surface area contributed by atoms with Gasteiger partial charge in [-0.2, -0.15) is 0 Å². The number of furan rings is 1. The van der Waals surface area contributed by atoms with E-state index in [0.29, 0.717) is 0 Å². The molecule has 1 aromatic heterocycles. The first-order valence-electron chi connectivity index (χ1n) is 17.0. The van der Waals surface area contributed by atoms with Crippen LogP contribution in [0, 0.1) is 0 Å². The van der Waals surface area contributed by atoms with Crippen LogP contribution in [0.25, 0.3) is 66.4 Å². The summed E-state index contributed by atoms with van der Waals surface area (Å²) in [6, 6.07) is 70.9. The quantitative estimate of drug-likeness (QED) is 0.173. The van der Waals surface area contributed by atoms with Crippen molar-refractivity contribution in [1.82, 2.24) is 0 Å². The normalized spacial score (nSPS) is 11.2. The average Bonchev–Trinajstić information content (AvgIpc) is 3.59. The minimum atomic E-state index is 0.853. The first-order valence-corrected chi connectivity index (χ1v) is 17.0. The summed E-state index contributed by atoms with van der Waals surface area (Å²) in [5.74, 6) is 0.853. The Labute approximate surface area is 292 Å². The van der Waals surface area contributed by atoms with E-state index >= 15 is 0 Å². The summed E-state index contributed by atoms with van der Waals surface area (Å²) in [7, 11) is 0. The summed E-state index contributed by atoms with van der Waals surface area (Å²) >= 11 is 0. The van der Waals surface area contributed by atoms with E-state index in [4.69, 9.17) is 4.42 Å². The molecule has 0 unspecified atom stereocenters. The molecule has 0 amide bonds. The molecule has 8 aromatic carbocycles. The Kier molecular flexibility index (Phi) is 7.53. The monoisotopic (exact) mass is 639 g/mol. The lowest BCUT2D eigenvalue weighted by Crippen LogP contribution is -2.11. The molecule has 0 fully saturated rings. The van der Waals surface area contributed by atoms with Crippen LogP contribution in [-0.4, -0.2) is 0 Å². The second kappa shape index (κ2) is 12.8. The van der Waals surface area contributed by atoms with Crippen molar-refractivity contribution < 1.29 is 4.42 Å². The number of rotatable bonds is 7. The highest BCUT2D eigenvalue weighted by atomic mass is 16.3. The van der Waals surface area contributed by atoms with Gasteiger partial charge in [-0.05, 0) is 81.1 Å². The van der Waals surface area contributed by atoms with Gasteiger partial charge in [0.2, 0.25) is 0 Å². The summed E-state index contributed by atoms with van der Waals surface area (Å²) in [6.45, 7) is 0. The number of hydrogen-bond acceptors (Lipinski definition) is 2. The predicted octanol–water partition coefficient (Wildman–Crippen LogP) is 13.7. The van der Waals surface area contributed by atoms with E-state index in [2.05, 4.69) is 199 Å². The van der Waals surface area contributed by atoms with Gasteiger partial charge in [0.1, 0.15) is 11.3 Å². The fourth-order valence-electron chi connectivity index (χ4n) is 7.12. The second-order valence-corrected chi connectivity index (χ2v) is 12.5. The molecule has 1 heterocycles. The van der Waals surface area contributed by atoms with Crippen molar-refractivity contribution in [2.24, 2.45) is 0 Å². The van der Waals surface area contributed by atoms with Crippen molar-refractivity contribution >= 4 is 38.8 Å². The molecule has 9 aromatic rings. The Balaban J connectivity index is 1.23. The summed E-state index contributed by atoms with van der Waals surface area (Å²) < 4.78 is 6.77. The highest BCUT2D eigenvalue weighted by Gasteiger charge is 2.23.